The van der Waals surface area contributed by atoms with Crippen molar-refractivity contribution in [3.8, 4) is 0 Å². The van der Waals surface area contributed by atoms with E-state index in [4.69, 9.17) is 11.5 Å². The first-order chi connectivity index (χ1) is 9.97. The van der Waals surface area contributed by atoms with Gasteiger partial charge in [-0.15, -0.1) is 0 Å². The number of fused-ring (bicyclic) bond motifs is 1. The molecule has 0 aliphatic heterocycles. The standard InChI is InChI=1S/C16H19N3O2/c1-10(15(18)20)19-16(21)14(17)9-11-6-7-12-4-2-3-5-13(12)8-11/h2-8,10,14H,9,17H2,1H3,(H2,18,20)(H,19,21). The van der Waals surface area contributed by atoms with Gasteiger partial charge in [-0.3, -0.25) is 9.59 Å². The molecule has 2 aromatic carbocycles. The van der Waals surface area contributed by atoms with Gasteiger partial charge in [-0.2, -0.15) is 0 Å². The molecule has 5 nitrogen and oxygen atoms in total. The Labute approximate surface area is 123 Å². The number of amides is 2. The zero-order valence-electron chi connectivity index (χ0n) is 11.9. The molecule has 0 saturated heterocycles. The van der Waals surface area contributed by atoms with E-state index in [2.05, 4.69) is 5.32 Å². The summed E-state index contributed by atoms with van der Waals surface area (Å²) in [5.74, 6) is -0.962. The molecule has 0 radical (unpaired) electrons. The average Bonchev–Trinajstić information content (AvgIpc) is 2.46. The Kier molecular flexibility index (Phi) is 4.55. The smallest absolute Gasteiger partial charge is 0.239 e. The van der Waals surface area contributed by atoms with Crippen LogP contribution in [0.5, 0.6) is 0 Å². The van der Waals surface area contributed by atoms with E-state index in [1.807, 2.05) is 42.5 Å². The molecule has 2 aromatic rings. The van der Waals surface area contributed by atoms with E-state index in [-0.39, 0.29) is 5.91 Å². The molecule has 0 spiro atoms. The second-order valence-corrected chi connectivity index (χ2v) is 5.12. The van der Waals surface area contributed by atoms with Crippen LogP contribution in [0, 0.1) is 0 Å². The summed E-state index contributed by atoms with van der Waals surface area (Å²) in [6.45, 7) is 1.53. The summed E-state index contributed by atoms with van der Waals surface area (Å²) in [4.78, 5) is 22.8. The van der Waals surface area contributed by atoms with Crippen LogP contribution >= 0.6 is 0 Å². The van der Waals surface area contributed by atoms with Crippen LogP contribution in [-0.2, 0) is 16.0 Å². The van der Waals surface area contributed by atoms with Crippen LogP contribution in [0.25, 0.3) is 10.8 Å². The molecule has 0 aliphatic carbocycles. The summed E-state index contributed by atoms with van der Waals surface area (Å²) < 4.78 is 0. The van der Waals surface area contributed by atoms with Crippen molar-refractivity contribution in [1.29, 1.82) is 0 Å². The Morgan fingerprint density at radius 3 is 2.48 bits per heavy atom. The summed E-state index contributed by atoms with van der Waals surface area (Å²) in [5.41, 5.74) is 12.0. The monoisotopic (exact) mass is 285 g/mol. The fourth-order valence-corrected chi connectivity index (χ4v) is 2.10. The Balaban J connectivity index is 2.05. The third-order valence-corrected chi connectivity index (χ3v) is 3.39. The Bertz CT molecular complexity index is 669. The molecule has 0 aromatic heterocycles. The van der Waals surface area contributed by atoms with Crippen LogP contribution in [0.15, 0.2) is 42.5 Å². The van der Waals surface area contributed by atoms with Crippen LogP contribution in [0.1, 0.15) is 12.5 Å². The second kappa shape index (κ2) is 6.37. The van der Waals surface area contributed by atoms with Crippen molar-refractivity contribution >= 4 is 22.6 Å². The van der Waals surface area contributed by atoms with Crippen molar-refractivity contribution in [3.63, 3.8) is 0 Å². The van der Waals surface area contributed by atoms with Gasteiger partial charge < -0.3 is 16.8 Å². The number of primary amides is 1. The Morgan fingerprint density at radius 1 is 1.14 bits per heavy atom. The van der Waals surface area contributed by atoms with Gasteiger partial charge >= 0.3 is 0 Å². The molecule has 5 N–H and O–H groups in total. The lowest BCUT2D eigenvalue weighted by molar-refractivity contribution is -0.127. The fraction of sp³-hybridized carbons (Fsp3) is 0.250. The highest BCUT2D eigenvalue weighted by Crippen LogP contribution is 2.16. The zero-order valence-corrected chi connectivity index (χ0v) is 11.9. The Hall–Kier alpha value is -2.40. The molecule has 2 amide bonds. The zero-order chi connectivity index (χ0) is 15.4. The minimum absolute atomic E-state index is 0.380. The quantitative estimate of drug-likeness (QED) is 0.754. The molecule has 5 heteroatoms. The largest absolute Gasteiger partial charge is 0.368 e. The lowest BCUT2D eigenvalue weighted by atomic mass is 10.0. The minimum atomic E-state index is -0.722. The number of rotatable bonds is 5. The molecule has 0 aliphatic rings. The van der Waals surface area contributed by atoms with Crippen molar-refractivity contribution in [2.75, 3.05) is 0 Å². The van der Waals surface area contributed by atoms with Gasteiger partial charge in [0, 0.05) is 0 Å². The maximum atomic E-state index is 11.9. The minimum Gasteiger partial charge on any atom is -0.368 e. The molecule has 2 rings (SSSR count). The lowest BCUT2D eigenvalue weighted by Gasteiger charge is -2.15. The van der Waals surface area contributed by atoms with Crippen LogP contribution in [0.2, 0.25) is 0 Å². The van der Waals surface area contributed by atoms with Crippen LogP contribution in [0.4, 0.5) is 0 Å². The third kappa shape index (κ3) is 3.79. The van der Waals surface area contributed by atoms with E-state index in [1.165, 1.54) is 6.92 Å². The number of benzene rings is 2. The topological polar surface area (TPSA) is 98.2 Å². The number of nitrogens with two attached hydrogens (primary N) is 2. The first kappa shape index (κ1) is 15.0. The highest BCUT2D eigenvalue weighted by Gasteiger charge is 2.18. The molecular weight excluding hydrogens is 266 g/mol. The van der Waals surface area contributed by atoms with E-state index >= 15 is 0 Å². The van der Waals surface area contributed by atoms with Gasteiger partial charge in [-0.05, 0) is 29.7 Å². The maximum absolute atomic E-state index is 11.9. The highest BCUT2D eigenvalue weighted by atomic mass is 16.2. The van der Waals surface area contributed by atoms with Crippen LogP contribution < -0.4 is 16.8 Å². The molecule has 0 bridgehead atoms. The number of nitrogens with one attached hydrogen (secondary N) is 1. The van der Waals surface area contributed by atoms with E-state index < -0.39 is 18.0 Å². The lowest BCUT2D eigenvalue weighted by Crippen LogP contribution is -2.49. The van der Waals surface area contributed by atoms with Crippen molar-refractivity contribution in [3.05, 3.63) is 48.0 Å². The summed E-state index contributed by atoms with van der Waals surface area (Å²) >= 11 is 0. The summed E-state index contributed by atoms with van der Waals surface area (Å²) in [6.07, 6.45) is 0.405. The van der Waals surface area contributed by atoms with Crippen molar-refractivity contribution in [2.45, 2.75) is 25.4 Å². The number of hydrogen-bond acceptors (Lipinski definition) is 3. The van der Waals surface area contributed by atoms with E-state index in [0.717, 1.165) is 16.3 Å². The van der Waals surface area contributed by atoms with Gasteiger partial charge in [0.1, 0.15) is 6.04 Å². The molecule has 2 unspecified atom stereocenters. The predicted octanol–water partition coefficient (Wildman–Crippen LogP) is 0.700. The van der Waals surface area contributed by atoms with Gasteiger partial charge in [-0.1, -0.05) is 42.5 Å². The van der Waals surface area contributed by atoms with Gasteiger partial charge in [0.2, 0.25) is 11.8 Å². The number of carbonyl (C=O) groups excluding carboxylic acids is 2. The summed E-state index contributed by atoms with van der Waals surface area (Å²) in [7, 11) is 0. The van der Waals surface area contributed by atoms with Crippen LogP contribution in [-0.4, -0.2) is 23.9 Å². The summed E-state index contributed by atoms with van der Waals surface area (Å²) in [5, 5.41) is 4.74. The number of carbonyl (C=O) groups is 2. The molecule has 21 heavy (non-hydrogen) atoms. The first-order valence-electron chi connectivity index (χ1n) is 6.80. The van der Waals surface area contributed by atoms with E-state index in [9.17, 15) is 9.59 Å². The van der Waals surface area contributed by atoms with Gasteiger partial charge in [-0.25, -0.2) is 0 Å². The normalized spacial score (nSPS) is 13.6. The molecule has 110 valence electrons. The Morgan fingerprint density at radius 2 is 1.81 bits per heavy atom. The molecule has 0 fully saturated rings. The van der Waals surface area contributed by atoms with Gasteiger partial charge in [0.05, 0.1) is 6.04 Å². The van der Waals surface area contributed by atoms with Crippen molar-refractivity contribution < 1.29 is 9.59 Å². The third-order valence-electron chi connectivity index (χ3n) is 3.39. The highest BCUT2D eigenvalue weighted by molar-refractivity contribution is 5.89. The average molecular weight is 285 g/mol. The SMILES string of the molecule is CC(NC(=O)C(N)Cc1ccc2ccccc2c1)C(N)=O. The van der Waals surface area contributed by atoms with Gasteiger partial charge in [0.25, 0.3) is 0 Å². The van der Waals surface area contributed by atoms with Crippen molar-refractivity contribution in [2.24, 2.45) is 11.5 Å². The van der Waals surface area contributed by atoms with E-state index in [1.54, 1.807) is 0 Å². The fourth-order valence-electron chi connectivity index (χ4n) is 2.10. The van der Waals surface area contributed by atoms with Crippen molar-refractivity contribution in [1.82, 2.24) is 5.32 Å². The predicted molar refractivity (Wildman–Crippen MR) is 82.4 cm³/mol. The first-order valence-corrected chi connectivity index (χ1v) is 6.80. The molecule has 0 heterocycles. The van der Waals surface area contributed by atoms with Crippen LogP contribution in [0.3, 0.4) is 0 Å². The molecular formula is C16H19N3O2. The molecule has 2 atom stereocenters. The summed E-state index contributed by atoms with van der Waals surface area (Å²) in [6, 6.07) is 12.5. The van der Waals surface area contributed by atoms with E-state index in [0.29, 0.717) is 6.42 Å². The molecule has 0 saturated carbocycles. The second-order valence-electron chi connectivity index (χ2n) is 5.12. The maximum Gasteiger partial charge on any atom is 0.239 e. The number of hydrogen-bond donors (Lipinski definition) is 3. The van der Waals surface area contributed by atoms with Gasteiger partial charge in [0.15, 0.2) is 0 Å².